The molecule has 2 heterocycles. The Morgan fingerprint density at radius 2 is 1.63 bits per heavy atom. The van der Waals surface area contributed by atoms with Gasteiger partial charge in [-0.2, -0.15) is 13.2 Å². The standard InChI is InChI=1S/C37H50F4N6O4/c1-7-25(22-45(6)42)26-19-43-33(44-20-26)46(21-24-14-27(35(4,5)38)16-28(15-24)37(39,40)41)31-17-29(8-2)47(30(9-3)18-31)34(50)51-23-36(32(48)49)12-10-11-13-36/h7,14-16,19-20,22,29-31H,1,8-13,17-18,21,23,42H2,2-6H3,(H,48,49)/b25-22+/t29-,30+,31+. The fourth-order valence-corrected chi connectivity index (χ4v) is 7.21. The minimum Gasteiger partial charge on any atom is -0.481 e. The molecule has 0 unspecified atom stereocenters. The van der Waals surface area contributed by atoms with E-state index in [1.54, 1.807) is 36.6 Å². The molecule has 2 aromatic rings. The number of carbonyl (C=O) groups excluding carboxylic acids is 1. The average molecular weight is 719 g/mol. The van der Waals surface area contributed by atoms with Crippen LogP contribution in [0, 0.1) is 5.41 Å². The van der Waals surface area contributed by atoms with Gasteiger partial charge in [0, 0.05) is 61.4 Å². The van der Waals surface area contributed by atoms with Crippen LogP contribution in [-0.4, -0.2) is 68.8 Å². The number of nitrogens with zero attached hydrogens (tertiary/aromatic N) is 5. The second-order valence-electron chi connectivity index (χ2n) is 14.2. The third kappa shape index (κ3) is 9.38. The van der Waals surface area contributed by atoms with Crippen molar-refractivity contribution in [1.82, 2.24) is 19.9 Å². The number of benzene rings is 1. The highest BCUT2D eigenvalue weighted by molar-refractivity contribution is 5.76. The van der Waals surface area contributed by atoms with Crippen molar-refractivity contribution in [1.29, 1.82) is 0 Å². The molecule has 1 aliphatic carbocycles. The first kappa shape index (κ1) is 39.6. The van der Waals surface area contributed by atoms with Gasteiger partial charge in [-0.05, 0) is 75.6 Å². The molecule has 1 aromatic carbocycles. The topological polar surface area (TPSA) is 125 Å². The molecule has 14 heteroatoms. The van der Waals surface area contributed by atoms with E-state index in [-0.39, 0.29) is 48.4 Å². The molecule has 0 bridgehead atoms. The molecule has 1 aliphatic heterocycles. The number of hydrogen-bond acceptors (Lipinski definition) is 8. The van der Waals surface area contributed by atoms with Gasteiger partial charge in [-0.15, -0.1) is 0 Å². The maximum atomic E-state index is 15.2. The summed E-state index contributed by atoms with van der Waals surface area (Å²) < 4.78 is 63.1. The predicted molar refractivity (Wildman–Crippen MR) is 187 cm³/mol. The van der Waals surface area contributed by atoms with Crippen molar-refractivity contribution >= 4 is 23.6 Å². The Morgan fingerprint density at radius 3 is 2.10 bits per heavy atom. The molecule has 10 nitrogen and oxygen atoms in total. The summed E-state index contributed by atoms with van der Waals surface area (Å²) in [5.41, 5.74) is -2.69. The summed E-state index contributed by atoms with van der Waals surface area (Å²) in [7, 11) is 1.65. The first-order valence-corrected chi connectivity index (χ1v) is 17.4. The van der Waals surface area contributed by atoms with Crippen LogP contribution >= 0.6 is 0 Å². The number of hydrogen-bond donors (Lipinski definition) is 2. The van der Waals surface area contributed by atoms with E-state index in [0.29, 0.717) is 49.7 Å². The number of likely N-dealkylation sites (tertiary alicyclic amines) is 1. The second-order valence-corrected chi connectivity index (χ2v) is 14.2. The lowest BCUT2D eigenvalue weighted by Crippen LogP contribution is -2.57. The van der Waals surface area contributed by atoms with Gasteiger partial charge >= 0.3 is 18.2 Å². The molecule has 2 aliphatic rings. The molecule has 1 aromatic heterocycles. The number of halogens is 4. The third-order valence-corrected chi connectivity index (χ3v) is 10.1. The van der Waals surface area contributed by atoms with Gasteiger partial charge in [-0.3, -0.25) is 4.79 Å². The third-order valence-electron chi connectivity index (χ3n) is 10.1. The van der Waals surface area contributed by atoms with Gasteiger partial charge in [-0.1, -0.05) is 45.4 Å². The molecule has 280 valence electrons. The number of carbonyl (C=O) groups is 2. The number of hydrazine groups is 1. The highest BCUT2D eigenvalue weighted by Gasteiger charge is 2.45. The summed E-state index contributed by atoms with van der Waals surface area (Å²) in [4.78, 5) is 38.6. The number of nitrogens with two attached hydrogens (primary N) is 1. The Hall–Kier alpha value is -4.20. The summed E-state index contributed by atoms with van der Waals surface area (Å²) in [6, 6.07) is 2.30. The summed E-state index contributed by atoms with van der Waals surface area (Å²) in [5.74, 6) is 5.08. The number of rotatable bonds is 13. The van der Waals surface area contributed by atoms with Gasteiger partial charge in [0.15, 0.2) is 0 Å². The molecular weight excluding hydrogens is 668 g/mol. The first-order valence-electron chi connectivity index (χ1n) is 17.4. The summed E-state index contributed by atoms with van der Waals surface area (Å²) in [6.45, 7) is 9.86. The number of anilines is 1. The van der Waals surface area contributed by atoms with Gasteiger partial charge in [0.05, 0.1) is 5.56 Å². The van der Waals surface area contributed by atoms with Crippen LogP contribution in [0.15, 0.2) is 49.4 Å². The number of amides is 1. The van der Waals surface area contributed by atoms with E-state index in [1.807, 2.05) is 18.7 Å². The Bertz CT molecular complexity index is 1520. The molecular formula is C37H50F4N6O4. The summed E-state index contributed by atoms with van der Waals surface area (Å²) in [6.07, 6.45) is 5.45. The van der Waals surface area contributed by atoms with E-state index in [9.17, 15) is 27.9 Å². The van der Waals surface area contributed by atoms with Crippen LogP contribution in [0.3, 0.4) is 0 Å². The molecule has 3 N–H and O–H groups in total. The fourth-order valence-electron chi connectivity index (χ4n) is 7.21. The molecule has 1 saturated carbocycles. The summed E-state index contributed by atoms with van der Waals surface area (Å²) >= 11 is 0. The largest absolute Gasteiger partial charge is 0.481 e. The number of aromatic nitrogens is 2. The number of piperidine rings is 1. The van der Waals surface area contributed by atoms with Crippen molar-refractivity contribution in [3.8, 4) is 0 Å². The number of alkyl halides is 4. The highest BCUT2D eigenvalue weighted by atomic mass is 19.4. The van der Waals surface area contributed by atoms with Gasteiger partial charge in [-0.25, -0.2) is 25.0 Å². The molecule has 4 rings (SSSR count). The van der Waals surface area contributed by atoms with Crippen LogP contribution in [0.4, 0.5) is 28.3 Å². The number of carboxylic acid groups (broad SMARTS) is 1. The number of ether oxygens (including phenoxy) is 1. The van der Waals surface area contributed by atoms with Gasteiger partial charge in [0.1, 0.15) is 17.7 Å². The van der Waals surface area contributed by atoms with E-state index >= 15 is 4.39 Å². The maximum Gasteiger partial charge on any atom is 0.416 e. The number of carboxylic acids is 1. The molecule has 0 radical (unpaired) electrons. The zero-order valence-electron chi connectivity index (χ0n) is 30.0. The van der Waals surface area contributed by atoms with Gasteiger partial charge in [0.2, 0.25) is 5.95 Å². The smallest absolute Gasteiger partial charge is 0.416 e. The van der Waals surface area contributed by atoms with Crippen molar-refractivity contribution in [3.63, 3.8) is 0 Å². The Kier molecular flexibility index (Phi) is 12.4. The van der Waals surface area contributed by atoms with Crippen molar-refractivity contribution in [3.05, 3.63) is 71.7 Å². The van der Waals surface area contributed by atoms with Crippen molar-refractivity contribution in [2.45, 2.75) is 116 Å². The quantitative estimate of drug-likeness (QED) is 0.0923. The Balaban J connectivity index is 1.72. The van der Waals surface area contributed by atoms with Gasteiger partial charge < -0.3 is 24.7 Å². The molecule has 1 saturated heterocycles. The number of allylic oxidation sites excluding steroid dienone is 2. The minimum atomic E-state index is -4.70. The lowest BCUT2D eigenvalue weighted by molar-refractivity contribution is -0.151. The van der Waals surface area contributed by atoms with E-state index < -0.39 is 34.9 Å². The molecule has 1 amide bonds. The predicted octanol–water partition coefficient (Wildman–Crippen LogP) is 7.84. The monoisotopic (exact) mass is 718 g/mol. The van der Waals surface area contributed by atoms with Crippen LogP contribution in [0.25, 0.3) is 5.57 Å². The number of aliphatic carboxylic acids is 1. The Morgan fingerprint density at radius 1 is 1.06 bits per heavy atom. The first-order chi connectivity index (χ1) is 23.9. The van der Waals surface area contributed by atoms with Gasteiger partial charge in [0.25, 0.3) is 0 Å². The highest BCUT2D eigenvalue weighted by Crippen LogP contribution is 2.40. The zero-order valence-corrected chi connectivity index (χ0v) is 30.0. The zero-order chi connectivity index (χ0) is 37.7. The van der Waals surface area contributed by atoms with E-state index in [1.165, 1.54) is 24.9 Å². The molecule has 3 atom stereocenters. The van der Waals surface area contributed by atoms with E-state index in [4.69, 9.17) is 10.6 Å². The normalized spacial score (nSPS) is 20.9. The second kappa shape index (κ2) is 16.0. The van der Waals surface area contributed by atoms with Crippen molar-refractivity contribution in [2.75, 3.05) is 18.6 Å². The van der Waals surface area contributed by atoms with Crippen LogP contribution in [0.2, 0.25) is 0 Å². The van der Waals surface area contributed by atoms with Crippen LogP contribution < -0.4 is 10.7 Å². The van der Waals surface area contributed by atoms with Crippen molar-refractivity contribution in [2.24, 2.45) is 11.3 Å². The molecule has 51 heavy (non-hydrogen) atoms. The molecule has 0 spiro atoms. The van der Waals surface area contributed by atoms with Crippen LogP contribution in [0.1, 0.15) is 101 Å². The van der Waals surface area contributed by atoms with E-state index in [0.717, 1.165) is 25.0 Å². The van der Waals surface area contributed by atoms with Crippen LogP contribution in [-0.2, 0) is 27.9 Å². The van der Waals surface area contributed by atoms with E-state index in [2.05, 4.69) is 16.5 Å². The SMILES string of the molecule is C=C/C(=C\N(C)N)c1cnc(N(Cc2cc(C(C)(C)F)cc(C(F)(F)F)c2)[C@H]2C[C@@H](CC)N(C(=O)OCC3(C(=O)O)CCCC3)[C@@H](CC)C2)nc1. The fraction of sp³-hybridized carbons (Fsp3) is 0.568. The lowest BCUT2D eigenvalue weighted by atomic mass is 9.87. The van der Waals surface area contributed by atoms with Crippen LogP contribution in [0.5, 0.6) is 0 Å². The average Bonchev–Trinajstić information content (AvgIpc) is 3.57. The minimum absolute atomic E-state index is 0.0643. The lowest BCUT2D eigenvalue weighted by Gasteiger charge is -2.47. The maximum absolute atomic E-state index is 15.2. The van der Waals surface area contributed by atoms with Crippen molar-refractivity contribution < 1.29 is 37.0 Å². The summed E-state index contributed by atoms with van der Waals surface area (Å²) in [5, 5.41) is 11.3. The molecule has 2 fully saturated rings. The Labute approximate surface area is 297 Å².